The van der Waals surface area contributed by atoms with Gasteiger partial charge in [0.1, 0.15) is 40.6 Å². The molecular weight excluding hydrogens is 470 g/mol. The highest BCUT2D eigenvalue weighted by Crippen LogP contribution is 2.28. The SMILES string of the molecule is Cc1cc(OC2=CCCC=C2)ccc1C(=O)c1c(N)ncnc1NC1CCCN(C(=O)OC(C)(C)C)C1. The van der Waals surface area contributed by atoms with Crippen molar-refractivity contribution in [1.82, 2.24) is 14.9 Å². The van der Waals surface area contributed by atoms with Gasteiger partial charge in [-0.1, -0.05) is 6.08 Å². The normalized spacial score (nSPS) is 17.7. The molecule has 9 nitrogen and oxygen atoms in total. The van der Waals surface area contributed by atoms with Crippen molar-refractivity contribution < 1.29 is 19.1 Å². The van der Waals surface area contributed by atoms with Crippen LogP contribution in [0.2, 0.25) is 0 Å². The van der Waals surface area contributed by atoms with Gasteiger partial charge >= 0.3 is 6.09 Å². The van der Waals surface area contributed by atoms with Crippen LogP contribution in [0.1, 0.15) is 67.9 Å². The number of nitrogens with one attached hydrogen (secondary N) is 1. The molecule has 1 saturated heterocycles. The van der Waals surface area contributed by atoms with Crippen molar-refractivity contribution in [3.63, 3.8) is 0 Å². The van der Waals surface area contributed by atoms with Gasteiger partial charge in [-0.25, -0.2) is 14.8 Å². The summed E-state index contributed by atoms with van der Waals surface area (Å²) in [7, 11) is 0. The lowest BCUT2D eigenvalue weighted by atomic mass is 9.98. The molecule has 1 unspecified atom stereocenters. The molecule has 0 radical (unpaired) electrons. The molecule has 0 saturated carbocycles. The van der Waals surface area contributed by atoms with E-state index in [-0.39, 0.29) is 29.3 Å². The van der Waals surface area contributed by atoms with Gasteiger partial charge in [0, 0.05) is 24.7 Å². The van der Waals surface area contributed by atoms with Gasteiger partial charge < -0.3 is 25.4 Å². The molecule has 1 aliphatic carbocycles. The Balaban J connectivity index is 1.51. The highest BCUT2D eigenvalue weighted by Gasteiger charge is 2.29. The molecule has 9 heteroatoms. The zero-order valence-electron chi connectivity index (χ0n) is 21.9. The number of piperidine rings is 1. The minimum atomic E-state index is -0.569. The van der Waals surface area contributed by atoms with E-state index in [1.807, 2.05) is 45.9 Å². The molecule has 2 aromatic rings. The van der Waals surface area contributed by atoms with Crippen molar-refractivity contribution in [1.29, 1.82) is 0 Å². The zero-order valence-corrected chi connectivity index (χ0v) is 21.9. The number of aryl methyl sites for hydroxylation is 1. The number of likely N-dealkylation sites (tertiary alicyclic amines) is 1. The van der Waals surface area contributed by atoms with Crippen LogP contribution in [0.4, 0.5) is 16.4 Å². The minimum Gasteiger partial charge on any atom is -0.458 e. The van der Waals surface area contributed by atoms with Crippen LogP contribution in [0.3, 0.4) is 0 Å². The number of aromatic nitrogens is 2. The number of nitrogen functional groups attached to an aromatic ring is 1. The highest BCUT2D eigenvalue weighted by atomic mass is 16.6. The van der Waals surface area contributed by atoms with Crippen LogP contribution in [-0.4, -0.2) is 51.5 Å². The Morgan fingerprint density at radius 2 is 2.00 bits per heavy atom. The quantitative estimate of drug-likeness (QED) is 0.525. The van der Waals surface area contributed by atoms with E-state index in [9.17, 15) is 9.59 Å². The monoisotopic (exact) mass is 505 g/mol. The maximum absolute atomic E-state index is 13.6. The Hall–Kier alpha value is -3.88. The fraction of sp³-hybridized carbons (Fsp3) is 0.429. The number of carbonyl (C=O) groups is 2. The van der Waals surface area contributed by atoms with E-state index in [2.05, 4.69) is 21.4 Å². The number of benzene rings is 1. The maximum Gasteiger partial charge on any atom is 0.410 e. The Bertz CT molecular complexity index is 1230. The Labute approximate surface area is 217 Å². The number of anilines is 2. The molecule has 3 N–H and O–H groups in total. The van der Waals surface area contributed by atoms with Crippen molar-refractivity contribution in [2.45, 2.75) is 65.0 Å². The predicted octanol–water partition coefficient (Wildman–Crippen LogP) is 5.02. The van der Waals surface area contributed by atoms with Crippen LogP contribution in [0.25, 0.3) is 0 Å². The first kappa shape index (κ1) is 26.2. The third-order valence-corrected chi connectivity index (χ3v) is 6.16. The average Bonchev–Trinajstić information content (AvgIpc) is 2.84. The fourth-order valence-corrected chi connectivity index (χ4v) is 4.40. The fourth-order valence-electron chi connectivity index (χ4n) is 4.40. The number of ketones is 1. The van der Waals surface area contributed by atoms with Crippen molar-refractivity contribution in [3.05, 3.63) is 65.2 Å². The van der Waals surface area contributed by atoms with Gasteiger partial charge in [0.05, 0.1) is 0 Å². The third kappa shape index (κ3) is 6.67. The number of rotatable bonds is 6. The molecular formula is C28H35N5O4. The summed E-state index contributed by atoms with van der Waals surface area (Å²) < 4.78 is 11.5. The molecule has 196 valence electrons. The van der Waals surface area contributed by atoms with Gasteiger partial charge in [-0.3, -0.25) is 4.79 Å². The van der Waals surface area contributed by atoms with Crippen LogP contribution in [-0.2, 0) is 4.74 Å². The van der Waals surface area contributed by atoms with Crippen molar-refractivity contribution >= 4 is 23.5 Å². The van der Waals surface area contributed by atoms with E-state index in [4.69, 9.17) is 15.2 Å². The van der Waals surface area contributed by atoms with Gasteiger partial charge in [0.25, 0.3) is 0 Å². The zero-order chi connectivity index (χ0) is 26.6. The van der Waals surface area contributed by atoms with Gasteiger partial charge in [0.15, 0.2) is 0 Å². The molecule has 1 fully saturated rings. The molecule has 1 aliphatic heterocycles. The smallest absolute Gasteiger partial charge is 0.410 e. The van der Waals surface area contributed by atoms with Crippen molar-refractivity contribution in [3.8, 4) is 5.75 Å². The number of allylic oxidation sites excluding steroid dienone is 3. The lowest BCUT2D eigenvalue weighted by molar-refractivity contribution is 0.0206. The summed E-state index contributed by atoms with van der Waals surface area (Å²) in [4.78, 5) is 36.3. The van der Waals surface area contributed by atoms with Crippen LogP contribution in [0.15, 0.2) is 48.5 Å². The summed E-state index contributed by atoms with van der Waals surface area (Å²) in [6.45, 7) is 8.44. The summed E-state index contributed by atoms with van der Waals surface area (Å²) >= 11 is 0. The van der Waals surface area contributed by atoms with E-state index in [1.54, 1.807) is 17.0 Å². The molecule has 4 rings (SSSR count). The molecule has 0 spiro atoms. The van der Waals surface area contributed by atoms with E-state index in [0.717, 1.165) is 37.0 Å². The molecule has 0 bridgehead atoms. The lowest BCUT2D eigenvalue weighted by Gasteiger charge is -2.34. The lowest BCUT2D eigenvalue weighted by Crippen LogP contribution is -2.47. The number of hydrogen-bond acceptors (Lipinski definition) is 8. The average molecular weight is 506 g/mol. The number of nitrogens with zero attached hydrogens (tertiary/aromatic N) is 3. The van der Waals surface area contributed by atoms with Gasteiger partial charge in [-0.2, -0.15) is 0 Å². The van der Waals surface area contributed by atoms with Crippen molar-refractivity contribution in [2.24, 2.45) is 0 Å². The third-order valence-electron chi connectivity index (χ3n) is 6.16. The first-order valence-corrected chi connectivity index (χ1v) is 12.7. The number of nitrogens with two attached hydrogens (primary N) is 1. The molecule has 1 aromatic carbocycles. The van der Waals surface area contributed by atoms with Crippen LogP contribution in [0, 0.1) is 6.92 Å². The molecule has 1 atom stereocenters. The standard InChI is InChI=1S/C28H35N5O4/c1-18-15-21(36-20-10-6-5-7-11-20)12-13-22(18)24(34)23-25(29)30-17-31-26(23)32-19-9-8-14-33(16-19)27(35)37-28(2,3)4/h6,10-13,15,17,19H,5,7-9,14,16H2,1-4H3,(H3,29,30,31,32). The number of ether oxygens (including phenoxy) is 2. The van der Waals surface area contributed by atoms with Crippen LogP contribution < -0.4 is 15.8 Å². The molecule has 2 heterocycles. The summed E-state index contributed by atoms with van der Waals surface area (Å²) in [6.07, 6.45) is 10.6. The number of amides is 1. The van der Waals surface area contributed by atoms with E-state index in [1.165, 1.54) is 6.33 Å². The highest BCUT2D eigenvalue weighted by molar-refractivity contribution is 6.15. The Morgan fingerprint density at radius 3 is 2.70 bits per heavy atom. The predicted molar refractivity (Wildman–Crippen MR) is 143 cm³/mol. The largest absolute Gasteiger partial charge is 0.458 e. The Kier molecular flexibility index (Phi) is 7.80. The second kappa shape index (κ2) is 11.0. The number of hydrogen-bond donors (Lipinski definition) is 2. The second-order valence-electron chi connectivity index (χ2n) is 10.4. The number of carbonyl (C=O) groups excluding carboxylic acids is 2. The summed E-state index contributed by atoms with van der Waals surface area (Å²) in [5.41, 5.74) is 7.07. The molecule has 37 heavy (non-hydrogen) atoms. The Morgan fingerprint density at radius 1 is 1.19 bits per heavy atom. The summed E-state index contributed by atoms with van der Waals surface area (Å²) in [5.74, 6) is 1.63. The van der Waals surface area contributed by atoms with Gasteiger partial charge in [0.2, 0.25) is 5.78 Å². The van der Waals surface area contributed by atoms with Crippen LogP contribution in [0.5, 0.6) is 5.75 Å². The molecule has 1 amide bonds. The van der Waals surface area contributed by atoms with E-state index in [0.29, 0.717) is 30.2 Å². The topological polar surface area (TPSA) is 120 Å². The van der Waals surface area contributed by atoms with Gasteiger partial charge in [-0.15, -0.1) is 0 Å². The van der Waals surface area contributed by atoms with Gasteiger partial charge in [-0.05, 0) is 89.3 Å². The second-order valence-corrected chi connectivity index (χ2v) is 10.4. The first-order chi connectivity index (χ1) is 17.6. The summed E-state index contributed by atoms with van der Waals surface area (Å²) in [6, 6.07) is 5.23. The molecule has 2 aliphatic rings. The minimum absolute atomic E-state index is 0.0968. The summed E-state index contributed by atoms with van der Waals surface area (Å²) in [5, 5.41) is 3.33. The first-order valence-electron chi connectivity index (χ1n) is 12.7. The van der Waals surface area contributed by atoms with Crippen molar-refractivity contribution in [2.75, 3.05) is 24.1 Å². The van der Waals surface area contributed by atoms with E-state index >= 15 is 0 Å². The molecule has 1 aromatic heterocycles. The maximum atomic E-state index is 13.6. The van der Waals surface area contributed by atoms with Crippen LogP contribution >= 0.6 is 0 Å². The van der Waals surface area contributed by atoms with E-state index < -0.39 is 5.60 Å².